The van der Waals surface area contributed by atoms with Crippen LogP contribution in [-0.4, -0.2) is 28.7 Å². The number of carbonyl (C=O) groups is 2. The normalized spacial score (nSPS) is 12.7. The van der Waals surface area contributed by atoms with Crippen molar-refractivity contribution in [3.8, 4) is 0 Å². The van der Waals surface area contributed by atoms with Gasteiger partial charge < -0.3 is 14.8 Å². The number of benzene rings is 1. The lowest BCUT2D eigenvalue weighted by atomic mass is 10.2. The Balaban J connectivity index is 1.85. The molecule has 1 atom stereocenters. The molecule has 1 aromatic heterocycles. The maximum atomic E-state index is 11.9. The zero-order valence-corrected chi connectivity index (χ0v) is 14.4. The smallest absolute Gasteiger partial charge is 0.408 e. The summed E-state index contributed by atoms with van der Waals surface area (Å²) in [6.45, 7) is 6.89. The van der Waals surface area contributed by atoms with Crippen molar-refractivity contribution in [2.24, 2.45) is 0 Å². The SMILES string of the molecule is CC(NC(=O)OC(C)(C)C)C(=O)OCc1nc2ccccc2s1. The van der Waals surface area contributed by atoms with Gasteiger partial charge in [0.1, 0.15) is 23.3 Å². The van der Waals surface area contributed by atoms with E-state index in [1.165, 1.54) is 11.3 Å². The van der Waals surface area contributed by atoms with Crippen molar-refractivity contribution >= 4 is 33.6 Å². The Hall–Kier alpha value is -2.15. The fourth-order valence-corrected chi connectivity index (χ4v) is 2.66. The quantitative estimate of drug-likeness (QED) is 0.867. The monoisotopic (exact) mass is 336 g/mol. The fourth-order valence-electron chi connectivity index (χ4n) is 1.78. The Morgan fingerprint density at radius 3 is 2.65 bits per heavy atom. The highest BCUT2D eigenvalue weighted by molar-refractivity contribution is 7.18. The summed E-state index contributed by atoms with van der Waals surface area (Å²) < 4.78 is 11.3. The van der Waals surface area contributed by atoms with Crippen molar-refractivity contribution in [3.63, 3.8) is 0 Å². The zero-order chi connectivity index (χ0) is 17.0. The Morgan fingerprint density at radius 1 is 1.30 bits per heavy atom. The van der Waals surface area contributed by atoms with Gasteiger partial charge in [-0.1, -0.05) is 12.1 Å². The summed E-state index contributed by atoms with van der Waals surface area (Å²) in [7, 11) is 0. The molecule has 7 heteroatoms. The van der Waals surface area contributed by atoms with Gasteiger partial charge in [-0.05, 0) is 39.8 Å². The van der Waals surface area contributed by atoms with E-state index in [0.717, 1.165) is 10.2 Å². The number of amides is 1. The van der Waals surface area contributed by atoms with Crippen molar-refractivity contribution in [1.82, 2.24) is 10.3 Å². The summed E-state index contributed by atoms with van der Waals surface area (Å²) in [5.41, 5.74) is 0.262. The maximum absolute atomic E-state index is 11.9. The van der Waals surface area contributed by atoms with E-state index in [9.17, 15) is 9.59 Å². The van der Waals surface area contributed by atoms with Crippen molar-refractivity contribution in [1.29, 1.82) is 0 Å². The topological polar surface area (TPSA) is 77.5 Å². The molecule has 0 bridgehead atoms. The van der Waals surface area contributed by atoms with Crippen molar-refractivity contribution in [2.45, 2.75) is 45.9 Å². The van der Waals surface area contributed by atoms with Gasteiger partial charge in [0, 0.05) is 0 Å². The number of fused-ring (bicyclic) bond motifs is 1. The van der Waals surface area contributed by atoms with E-state index >= 15 is 0 Å². The Morgan fingerprint density at radius 2 is 2.00 bits per heavy atom. The summed E-state index contributed by atoms with van der Waals surface area (Å²) in [5.74, 6) is -0.532. The molecule has 0 radical (unpaired) electrons. The van der Waals surface area contributed by atoms with Crippen molar-refractivity contribution in [2.75, 3.05) is 0 Å². The van der Waals surface area contributed by atoms with Gasteiger partial charge in [-0.15, -0.1) is 11.3 Å². The maximum Gasteiger partial charge on any atom is 0.408 e. The Bertz CT molecular complexity index is 672. The van der Waals surface area contributed by atoms with Crippen LogP contribution < -0.4 is 5.32 Å². The van der Waals surface area contributed by atoms with E-state index in [4.69, 9.17) is 9.47 Å². The first-order chi connectivity index (χ1) is 10.7. The number of ether oxygens (including phenoxy) is 2. The second kappa shape index (κ2) is 6.95. The molecule has 1 aromatic carbocycles. The van der Waals surface area contributed by atoms with Gasteiger partial charge in [-0.3, -0.25) is 0 Å². The fraction of sp³-hybridized carbons (Fsp3) is 0.438. The minimum absolute atomic E-state index is 0.0819. The molecule has 1 N–H and O–H groups in total. The summed E-state index contributed by atoms with van der Waals surface area (Å²) in [6.07, 6.45) is -0.651. The van der Waals surface area contributed by atoms with Gasteiger partial charge >= 0.3 is 12.1 Å². The molecule has 0 saturated heterocycles. The number of para-hydroxylation sites is 1. The van der Waals surface area contributed by atoms with E-state index in [0.29, 0.717) is 5.01 Å². The average Bonchev–Trinajstić information content (AvgIpc) is 2.85. The third-order valence-electron chi connectivity index (χ3n) is 2.76. The van der Waals surface area contributed by atoms with Crippen molar-refractivity contribution in [3.05, 3.63) is 29.3 Å². The highest BCUT2D eigenvalue weighted by Gasteiger charge is 2.22. The molecule has 0 aliphatic rings. The zero-order valence-electron chi connectivity index (χ0n) is 13.6. The molecular formula is C16H20N2O4S. The van der Waals surface area contributed by atoms with Crippen LogP contribution in [0.25, 0.3) is 10.2 Å². The first-order valence-electron chi connectivity index (χ1n) is 7.25. The molecule has 2 rings (SSSR count). The third kappa shape index (κ3) is 5.21. The summed E-state index contributed by atoms with van der Waals surface area (Å²) in [4.78, 5) is 27.9. The molecule has 0 saturated carbocycles. The molecule has 0 spiro atoms. The van der Waals surface area contributed by atoms with Crippen LogP contribution in [0.5, 0.6) is 0 Å². The predicted molar refractivity (Wildman–Crippen MR) is 88.2 cm³/mol. The number of nitrogens with zero attached hydrogens (tertiary/aromatic N) is 1. The molecule has 124 valence electrons. The lowest BCUT2D eigenvalue weighted by Gasteiger charge is -2.21. The van der Waals surface area contributed by atoms with Crippen LogP contribution in [0, 0.1) is 0 Å². The van der Waals surface area contributed by atoms with E-state index in [-0.39, 0.29) is 6.61 Å². The van der Waals surface area contributed by atoms with Crippen LogP contribution in [-0.2, 0) is 20.9 Å². The average molecular weight is 336 g/mol. The lowest BCUT2D eigenvalue weighted by molar-refractivity contribution is -0.147. The van der Waals surface area contributed by atoms with Crippen LogP contribution in [0.2, 0.25) is 0 Å². The first-order valence-corrected chi connectivity index (χ1v) is 8.07. The number of aromatic nitrogens is 1. The molecular weight excluding hydrogens is 316 g/mol. The van der Waals surface area contributed by atoms with E-state index in [1.54, 1.807) is 27.7 Å². The third-order valence-corrected chi connectivity index (χ3v) is 3.77. The number of hydrogen-bond donors (Lipinski definition) is 1. The number of thiazole rings is 1. The minimum atomic E-state index is -0.792. The molecule has 1 heterocycles. The molecule has 1 amide bonds. The molecule has 0 aliphatic heterocycles. The predicted octanol–water partition coefficient (Wildman–Crippen LogP) is 3.25. The summed E-state index contributed by atoms with van der Waals surface area (Å²) >= 11 is 1.47. The van der Waals surface area contributed by atoms with Gasteiger partial charge in [0.2, 0.25) is 0 Å². The summed E-state index contributed by atoms with van der Waals surface area (Å²) in [6, 6.07) is 6.92. The Labute approximate surface area is 138 Å². The molecule has 6 nitrogen and oxygen atoms in total. The van der Waals surface area contributed by atoms with Gasteiger partial charge in [-0.25, -0.2) is 14.6 Å². The first kappa shape index (κ1) is 17.2. The van der Waals surface area contributed by atoms with Crippen LogP contribution in [0.3, 0.4) is 0 Å². The van der Waals surface area contributed by atoms with Crippen LogP contribution in [0.15, 0.2) is 24.3 Å². The highest BCUT2D eigenvalue weighted by Crippen LogP contribution is 2.22. The Kier molecular flexibility index (Phi) is 5.20. The molecule has 23 heavy (non-hydrogen) atoms. The second-order valence-electron chi connectivity index (χ2n) is 6.05. The number of alkyl carbamates (subject to hydrolysis) is 1. The van der Waals surface area contributed by atoms with Crippen LogP contribution >= 0.6 is 11.3 Å². The minimum Gasteiger partial charge on any atom is -0.457 e. The molecule has 0 fully saturated rings. The molecule has 0 aliphatic carbocycles. The number of carbonyl (C=O) groups excluding carboxylic acids is 2. The van der Waals surface area contributed by atoms with Gasteiger partial charge in [0.25, 0.3) is 0 Å². The standard InChI is InChI=1S/C16H20N2O4S/c1-10(17-15(20)22-16(2,3)4)14(19)21-9-13-18-11-7-5-6-8-12(11)23-13/h5-8,10H,9H2,1-4H3,(H,17,20). The number of esters is 1. The van der Waals surface area contributed by atoms with Crippen LogP contribution in [0.1, 0.15) is 32.7 Å². The number of hydrogen-bond acceptors (Lipinski definition) is 6. The van der Waals surface area contributed by atoms with Crippen LogP contribution in [0.4, 0.5) is 4.79 Å². The highest BCUT2D eigenvalue weighted by atomic mass is 32.1. The number of nitrogens with one attached hydrogen (secondary N) is 1. The molecule has 2 aromatic rings. The largest absolute Gasteiger partial charge is 0.457 e. The second-order valence-corrected chi connectivity index (χ2v) is 7.17. The van der Waals surface area contributed by atoms with E-state index < -0.39 is 23.7 Å². The lowest BCUT2D eigenvalue weighted by Crippen LogP contribution is -2.42. The van der Waals surface area contributed by atoms with E-state index in [2.05, 4.69) is 10.3 Å². The molecule has 1 unspecified atom stereocenters. The van der Waals surface area contributed by atoms with E-state index in [1.807, 2.05) is 24.3 Å². The van der Waals surface area contributed by atoms with Crippen molar-refractivity contribution < 1.29 is 19.1 Å². The van der Waals surface area contributed by atoms with Gasteiger partial charge in [-0.2, -0.15) is 0 Å². The number of rotatable bonds is 4. The van der Waals surface area contributed by atoms with Gasteiger partial charge in [0.15, 0.2) is 0 Å². The van der Waals surface area contributed by atoms with Gasteiger partial charge in [0.05, 0.1) is 10.2 Å². The summed E-state index contributed by atoms with van der Waals surface area (Å²) in [5, 5.41) is 3.16.